The van der Waals surface area contributed by atoms with Gasteiger partial charge in [0, 0.05) is 23.6 Å². The highest BCUT2D eigenvalue weighted by molar-refractivity contribution is 5.77. The van der Waals surface area contributed by atoms with Gasteiger partial charge in [-0.15, -0.1) is 0 Å². The molecule has 1 aliphatic rings. The Kier molecular flexibility index (Phi) is 5.50. The largest absolute Gasteiger partial charge is 0.393 e. The van der Waals surface area contributed by atoms with E-state index in [1.807, 2.05) is 17.7 Å². The Morgan fingerprint density at radius 1 is 1.17 bits per heavy atom. The summed E-state index contributed by atoms with van der Waals surface area (Å²) in [6.07, 6.45) is 10.0. The maximum atomic E-state index is 13.4. The molecule has 1 N–H and O–H groups in total. The van der Waals surface area contributed by atoms with Crippen molar-refractivity contribution < 1.29 is 9.50 Å². The lowest BCUT2D eigenvalue weighted by Crippen LogP contribution is -2.32. The molecule has 2 aromatic heterocycles. The normalized spacial score (nSPS) is 17.3. The van der Waals surface area contributed by atoms with Crippen LogP contribution in [0.1, 0.15) is 51.0 Å². The molecule has 29 heavy (non-hydrogen) atoms. The van der Waals surface area contributed by atoms with E-state index in [4.69, 9.17) is 0 Å². The number of aromatic nitrogens is 2. The second kappa shape index (κ2) is 8.07. The quantitative estimate of drug-likeness (QED) is 0.677. The van der Waals surface area contributed by atoms with E-state index < -0.39 is 6.10 Å². The van der Waals surface area contributed by atoms with Crippen LogP contribution < -0.4 is 5.43 Å². The standard InChI is InChI=1S/C24H27FN2O2/c1-17(28)14-24(11-3-2-4-12-24)15-18-16-27(20-9-7-19(25)8-10-20)23-21(22(18)29)6-5-13-26-23/h5-10,13,16-17,28H,2-4,11-12,14-15H2,1H3. The predicted molar refractivity (Wildman–Crippen MR) is 113 cm³/mol. The third-order valence-electron chi connectivity index (χ3n) is 6.15. The molecule has 2 heterocycles. The van der Waals surface area contributed by atoms with Gasteiger partial charge in [-0.05, 0) is 74.4 Å². The first-order valence-corrected chi connectivity index (χ1v) is 10.4. The van der Waals surface area contributed by atoms with Gasteiger partial charge in [-0.25, -0.2) is 9.37 Å². The number of rotatable bonds is 5. The van der Waals surface area contributed by atoms with Crippen molar-refractivity contribution in [3.63, 3.8) is 0 Å². The average Bonchev–Trinajstić information content (AvgIpc) is 2.71. The van der Waals surface area contributed by atoms with Gasteiger partial charge < -0.3 is 9.67 Å². The van der Waals surface area contributed by atoms with Crippen LogP contribution >= 0.6 is 0 Å². The Morgan fingerprint density at radius 2 is 1.90 bits per heavy atom. The third-order valence-corrected chi connectivity index (χ3v) is 6.15. The number of hydrogen-bond donors (Lipinski definition) is 1. The molecule has 0 amide bonds. The van der Waals surface area contributed by atoms with Crippen LogP contribution in [-0.2, 0) is 6.42 Å². The Balaban J connectivity index is 1.85. The van der Waals surface area contributed by atoms with Gasteiger partial charge >= 0.3 is 0 Å². The Morgan fingerprint density at radius 3 is 2.59 bits per heavy atom. The smallest absolute Gasteiger partial charge is 0.194 e. The summed E-state index contributed by atoms with van der Waals surface area (Å²) in [4.78, 5) is 17.7. The zero-order chi connectivity index (χ0) is 20.4. The summed E-state index contributed by atoms with van der Waals surface area (Å²) in [7, 11) is 0. The lowest BCUT2D eigenvalue weighted by molar-refractivity contribution is 0.0794. The molecule has 4 nitrogen and oxygen atoms in total. The molecular formula is C24H27FN2O2. The highest BCUT2D eigenvalue weighted by atomic mass is 19.1. The van der Waals surface area contributed by atoms with Crippen LogP contribution in [0, 0.1) is 11.2 Å². The molecule has 1 atom stereocenters. The Labute approximate surface area is 170 Å². The van der Waals surface area contributed by atoms with Crippen LogP contribution in [0.3, 0.4) is 0 Å². The molecule has 0 saturated heterocycles. The van der Waals surface area contributed by atoms with Gasteiger partial charge in [0.05, 0.1) is 11.5 Å². The van der Waals surface area contributed by atoms with E-state index in [0.717, 1.165) is 36.9 Å². The molecular weight excluding hydrogens is 367 g/mol. The second-order valence-corrected chi connectivity index (χ2v) is 8.50. The zero-order valence-corrected chi connectivity index (χ0v) is 16.8. The fraction of sp³-hybridized carbons (Fsp3) is 0.417. The minimum atomic E-state index is -0.394. The second-order valence-electron chi connectivity index (χ2n) is 8.50. The van der Waals surface area contributed by atoms with E-state index in [0.29, 0.717) is 23.9 Å². The summed E-state index contributed by atoms with van der Waals surface area (Å²) in [5, 5.41) is 10.7. The van der Waals surface area contributed by atoms with Gasteiger partial charge in [-0.3, -0.25) is 4.79 Å². The van der Waals surface area contributed by atoms with Gasteiger partial charge in [0.1, 0.15) is 11.5 Å². The van der Waals surface area contributed by atoms with Crippen molar-refractivity contribution in [3.05, 3.63) is 70.4 Å². The monoisotopic (exact) mass is 394 g/mol. The van der Waals surface area contributed by atoms with Gasteiger partial charge in [0.15, 0.2) is 5.43 Å². The van der Waals surface area contributed by atoms with Crippen LogP contribution in [-0.4, -0.2) is 20.8 Å². The highest BCUT2D eigenvalue weighted by Crippen LogP contribution is 2.42. The van der Waals surface area contributed by atoms with Crippen LogP contribution in [0.15, 0.2) is 53.6 Å². The first kappa shape index (κ1) is 19.8. The Bertz CT molecular complexity index is 1050. The van der Waals surface area contributed by atoms with Crippen molar-refractivity contribution in [2.75, 3.05) is 0 Å². The molecule has 0 aliphatic heterocycles. The SMILES string of the molecule is CC(O)CC1(Cc2cn(-c3ccc(F)cc3)c3ncccc3c2=O)CCCCC1. The molecule has 0 radical (unpaired) electrons. The van der Waals surface area contributed by atoms with Crippen molar-refractivity contribution in [2.24, 2.45) is 5.41 Å². The molecule has 0 bridgehead atoms. The molecule has 1 aromatic carbocycles. The van der Waals surface area contributed by atoms with Gasteiger partial charge in [0.25, 0.3) is 0 Å². The van der Waals surface area contributed by atoms with E-state index in [1.165, 1.54) is 18.6 Å². The number of nitrogens with zero attached hydrogens (tertiary/aromatic N) is 2. The number of hydrogen-bond acceptors (Lipinski definition) is 3. The van der Waals surface area contributed by atoms with E-state index >= 15 is 0 Å². The van der Waals surface area contributed by atoms with Crippen molar-refractivity contribution in [2.45, 2.75) is 58.0 Å². The zero-order valence-electron chi connectivity index (χ0n) is 16.8. The first-order chi connectivity index (χ1) is 14.0. The number of pyridine rings is 2. The maximum Gasteiger partial charge on any atom is 0.194 e. The summed E-state index contributed by atoms with van der Waals surface area (Å²) in [5.74, 6) is -0.301. The molecule has 152 valence electrons. The van der Waals surface area contributed by atoms with Crippen molar-refractivity contribution >= 4 is 11.0 Å². The van der Waals surface area contributed by atoms with Gasteiger partial charge in [-0.2, -0.15) is 0 Å². The fourth-order valence-corrected chi connectivity index (χ4v) is 4.92. The van der Waals surface area contributed by atoms with Crippen LogP contribution in [0.4, 0.5) is 4.39 Å². The molecule has 1 aliphatic carbocycles. The van der Waals surface area contributed by atoms with Gasteiger partial charge in [0.2, 0.25) is 0 Å². The molecule has 3 aromatic rings. The van der Waals surface area contributed by atoms with E-state index in [9.17, 15) is 14.3 Å². The summed E-state index contributed by atoms with van der Waals surface area (Å²) in [6, 6.07) is 9.80. The van der Waals surface area contributed by atoms with Crippen molar-refractivity contribution in [3.8, 4) is 5.69 Å². The number of aliphatic hydroxyl groups excluding tert-OH is 1. The topological polar surface area (TPSA) is 55.1 Å². The average molecular weight is 394 g/mol. The number of halogens is 1. The highest BCUT2D eigenvalue weighted by Gasteiger charge is 2.34. The lowest BCUT2D eigenvalue weighted by atomic mass is 9.67. The number of benzene rings is 1. The number of fused-ring (bicyclic) bond motifs is 1. The van der Waals surface area contributed by atoms with Crippen molar-refractivity contribution in [1.29, 1.82) is 0 Å². The Hall–Kier alpha value is -2.53. The summed E-state index contributed by atoms with van der Waals surface area (Å²) in [5.41, 5.74) is 2.02. The molecule has 5 heteroatoms. The van der Waals surface area contributed by atoms with E-state index in [1.54, 1.807) is 30.5 Å². The first-order valence-electron chi connectivity index (χ1n) is 10.4. The fourth-order valence-electron chi connectivity index (χ4n) is 4.92. The molecule has 1 fully saturated rings. The molecule has 1 saturated carbocycles. The van der Waals surface area contributed by atoms with Crippen molar-refractivity contribution in [1.82, 2.24) is 9.55 Å². The van der Waals surface area contributed by atoms with Gasteiger partial charge in [-0.1, -0.05) is 19.3 Å². The van der Waals surface area contributed by atoms with Crippen LogP contribution in [0.2, 0.25) is 0 Å². The summed E-state index contributed by atoms with van der Waals surface area (Å²) in [6.45, 7) is 1.83. The molecule has 1 unspecified atom stereocenters. The van der Waals surface area contributed by atoms with Crippen LogP contribution in [0.25, 0.3) is 16.7 Å². The summed E-state index contributed by atoms with van der Waals surface area (Å²) < 4.78 is 15.3. The summed E-state index contributed by atoms with van der Waals surface area (Å²) >= 11 is 0. The minimum absolute atomic E-state index is 0.00185. The lowest BCUT2D eigenvalue weighted by Gasteiger charge is -2.38. The molecule has 0 spiro atoms. The van der Waals surface area contributed by atoms with E-state index in [-0.39, 0.29) is 16.7 Å². The molecule has 4 rings (SSSR count). The van der Waals surface area contributed by atoms with Crippen LogP contribution in [0.5, 0.6) is 0 Å². The third kappa shape index (κ3) is 4.10. The maximum absolute atomic E-state index is 13.4. The minimum Gasteiger partial charge on any atom is -0.393 e. The van der Waals surface area contributed by atoms with E-state index in [2.05, 4.69) is 4.98 Å². The number of aliphatic hydroxyl groups is 1. The predicted octanol–water partition coefficient (Wildman–Crippen LogP) is 4.79.